The fourth-order valence-corrected chi connectivity index (χ4v) is 4.92. The Labute approximate surface area is 217 Å². The molecule has 3 aromatic rings. The number of anilines is 2. The zero-order valence-corrected chi connectivity index (χ0v) is 21.2. The van der Waals surface area contributed by atoms with Crippen LogP contribution >= 0.6 is 11.6 Å². The number of amides is 1. The number of benzene rings is 1. The molecule has 37 heavy (non-hydrogen) atoms. The number of ether oxygens (including phenoxy) is 2. The van der Waals surface area contributed by atoms with Crippen LogP contribution in [0.1, 0.15) is 25.1 Å². The highest BCUT2D eigenvalue weighted by Crippen LogP contribution is 2.33. The minimum atomic E-state index is -2.89. The Bertz CT molecular complexity index is 1290. The van der Waals surface area contributed by atoms with E-state index in [1.807, 2.05) is 9.80 Å². The Morgan fingerprint density at radius 1 is 1.16 bits per heavy atom. The molecule has 198 valence electrons. The van der Waals surface area contributed by atoms with Gasteiger partial charge in [0, 0.05) is 26.7 Å². The lowest BCUT2D eigenvalue weighted by Gasteiger charge is -2.33. The lowest BCUT2D eigenvalue weighted by Crippen LogP contribution is -2.47. The fourth-order valence-electron chi connectivity index (χ4n) is 4.73. The number of hydrogen-bond donors (Lipinski definition) is 0. The van der Waals surface area contributed by atoms with Crippen molar-refractivity contribution in [2.75, 3.05) is 62.7 Å². The van der Waals surface area contributed by atoms with Crippen LogP contribution in [-0.2, 0) is 9.53 Å². The van der Waals surface area contributed by atoms with Gasteiger partial charge in [-0.15, -0.1) is 11.6 Å². The highest BCUT2D eigenvalue weighted by Gasteiger charge is 2.34. The van der Waals surface area contributed by atoms with Gasteiger partial charge >= 0.3 is 0 Å². The van der Waals surface area contributed by atoms with E-state index in [4.69, 9.17) is 26.1 Å². The Kier molecular flexibility index (Phi) is 7.24. The molecular formula is C23H27ClF2N8O3. The molecule has 2 saturated heterocycles. The van der Waals surface area contributed by atoms with Crippen LogP contribution in [-0.4, -0.2) is 94.4 Å². The molecule has 1 atom stereocenters. The van der Waals surface area contributed by atoms with Crippen molar-refractivity contribution in [1.82, 2.24) is 29.4 Å². The van der Waals surface area contributed by atoms with Crippen LogP contribution in [0.5, 0.6) is 5.75 Å². The number of aromatic nitrogens is 5. The summed E-state index contributed by atoms with van der Waals surface area (Å²) in [6.07, 6.45) is -1.73. The van der Waals surface area contributed by atoms with Crippen molar-refractivity contribution in [3.63, 3.8) is 0 Å². The number of rotatable bonds is 7. The number of fused-ring (bicyclic) bond motifs is 1. The Morgan fingerprint density at radius 3 is 2.59 bits per heavy atom. The first kappa shape index (κ1) is 25.3. The number of imidazole rings is 1. The van der Waals surface area contributed by atoms with Crippen molar-refractivity contribution in [3.05, 3.63) is 24.0 Å². The van der Waals surface area contributed by atoms with Gasteiger partial charge in [0.2, 0.25) is 23.8 Å². The Morgan fingerprint density at radius 2 is 1.89 bits per heavy atom. The highest BCUT2D eigenvalue weighted by atomic mass is 35.5. The van der Waals surface area contributed by atoms with Crippen LogP contribution in [0.25, 0.3) is 17.0 Å². The van der Waals surface area contributed by atoms with E-state index < -0.39 is 12.2 Å². The maximum atomic E-state index is 14.3. The molecule has 1 amide bonds. The van der Waals surface area contributed by atoms with Crippen molar-refractivity contribution in [2.45, 2.75) is 25.4 Å². The molecule has 14 heteroatoms. The second kappa shape index (κ2) is 10.6. The first-order valence-corrected chi connectivity index (χ1v) is 12.5. The van der Waals surface area contributed by atoms with Crippen LogP contribution < -0.4 is 14.5 Å². The van der Waals surface area contributed by atoms with Gasteiger partial charge in [-0.1, -0.05) is 6.07 Å². The van der Waals surface area contributed by atoms with Crippen molar-refractivity contribution < 1.29 is 23.0 Å². The number of para-hydroxylation sites is 1. The van der Waals surface area contributed by atoms with E-state index in [1.54, 1.807) is 30.1 Å². The van der Waals surface area contributed by atoms with E-state index in [2.05, 4.69) is 15.0 Å². The average molecular weight is 537 g/mol. The second-order valence-corrected chi connectivity index (χ2v) is 8.99. The molecule has 2 aliphatic heterocycles. The van der Waals surface area contributed by atoms with Gasteiger partial charge in [-0.25, -0.2) is 13.8 Å². The molecule has 1 aromatic carbocycles. The number of morpholine rings is 1. The summed E-state index contributed by atoms with van der Waals surface area (Å²) in [5, 5.41) is 0. The fraction of sp³-hybridized carbons (Fsp3) is 0.522. The Hall–Kier alpha value is -3.32. The van der Waals surface area contributed by atoms with Crippen molar-refractivity contribution >= 4 is 40.4 Å². The lowest BCUT2D eigenvalue weighted by molar-refractivity contribution is -0.129. The van der Waals surface area contributed by atoms with Gasteiger partial charge < -0.3 is 24.2 Å². The molecule has 4 heterocycles. The molecule has 0 radical (unpaired) electrons. The van der Waals surface area contributed by atoms with Gasteiger partial charge in [-0.05, 0) is 25.0 Å². The van der Waals surface area contributed by atoms with Gasteiger partial charge in [-0.3, -0.25) is 9.36 Å². The third-order valence-corrected chi connectivity index (χ3v) is 6.84. The third kappa shape index (κ3) is 4.73. The zero-order valence-electron chi connectivity index (χ0n) is 20.5. The van der Waals surface area contributed by atoms with Gasteiger partial charge in [0.15, 0.2) is 5.82 Å². The number of alkyl halides is 3. The first-order valence-electron chi connectivity index (χ1n) is 11.9. The minimum absolute atomic E-state index is 0.00881. The molecule has 0 N–H and O–H groups in total. The second-order valence-electron chi connectivity index (χ2n) is 8.72. The quantitative estimate of drug-likeness (QED) is 0.422. The van der Waals surface area contributed by atoms with E-state index in [1.165, 1.54) is 11.7 Å². The monoisotopic (exact) mass is 536 g/mol. The van der Waals surface area contributed by atoms with Crippen molar-refractivity contribution in [3.8, 4) is 11.7 Å². The van der Waals surface area contributed by atoms with E-state index in [0.717, 1.165) is 6.42 Å². The molecule has 0 spiro atoms. The normalized spacial score (nSPS) is 18.2. The maximum Gasteiger partial charge on any atom is 0.296 e. The van der Waals surface area contributed by atoms with Gasteiger partial charge in [0.05, 0.1) is 25.8 Å². The number of halogens is 3. The summed E-state index contributed by atoms with van der Waals surface area (Å²) in [4.78, 5) is 35.9. The van der Waals surface area contributed by atoms with Crippen LogP contribution in [0.15, 0.2) is 18.2 Å². The number of carbonyl (C=O) groups is 1. The Balaban J connectivity index is 1.68. The first-order chi connectivity index (χ1) is 17.9. The predicted octanol–water partition coefficient (Wildman–Crippen LogP) is 2.62. The van der Waals surface area contributed by atoms with Gasteiger partial charge in [0.1, 0.15) is 23.3 Å². The van der Waals surface area contributed by atoms with E-state index in [0.29, 0.717) is 56.5 Å². The SMILES string of the molecule is COc1cccc2c1nc(C(F)F)n2-c1nc(N2CCOCC2)nc(N2CCCC2N(C)C(=O)CCl)n1. The maximum absolute atomic E-state index is 14.3. The molecule has 0 aliphatic carbocycles. The molecule has 0 saturated carbocycles. The summed E-state index contributed by atoms with van der Waals surface area (Å²) < 4.78 is 40.6. The molecule has 2 fully saturated rings. The molecule has 1 unspecified atom stereocenters. The van der Waals surface area contributed by atoms with E-state index in [9.17, 15) is 13.6 Å². The molecule has 5 rings (SSSR count). The summed E-state index contributed by atoms with van der Waals surface area (Å²) in [5.74, 6) is 0.114. The summed E-state index contributed by atoms with van der Waals surface area (Å²) in [7, 11) is 3.14. The van der Waals surface area contributed by atoms with Crippen LogP contribution in [0, 0.1) is 0 Å². The standard InChI is InChI=1S/C23H27ClF2N8O3/c1-31(17(35)13-24)16-7-4-8-33(16)22-28-21(32-9-11-37-12-10-32)29-23(30-22)34-14-5-3-6-15(36-2)18(14)27-20(34)19(25)26/h3,5-6,16,19H,4,7-13H2,1-2H3. The lowest BCUT2D eigenvalue weighted by atomic mass is 10.3. The predicted molar refractivity (Wildman–Crippen MR) is 133 cm³/mol. The largest absolute Gasteiger partial charge is 0.494 e. The van der Waals surface area contributed by atoms with Gasteiger partial charge in [0.25, 0.3) is 6.43 Å². The highest BCUT2D eigenvalue weighted by molar-refractivity contribution is 6.27. The van der Waals surface area contributed by atoms with Crippen LogP contribution in [0.4, 0.5) is 20.7 Å². The van der Waals surface area contributed by atoms with E-state index >= 15 is 0 Å². The summed E-state index contributed by atoms with van der Waals surface area (Å²) in [6, 6.07) is 5.02. The van der Waals surface area contributed by atoms with E-state index in [-0.39, 0.29) is 35.4 Å². The number of carbonyl (C=O) groups excluding carboxylic acids is 1. The molecule has 0 bridgehead atoms. The molecule has 11 nitrogen and oxygen atoms in total. The zero-order chi connectivity index (χ0) is 26.1. The number of nitrogens with zero attached hydrogens (tertiary/aromatic N) is 8. The van der Waals surface area contributed by atoms with Crippen LogP contribution in [0.3, 0.4) is 0 Å². The van der Waals surface area contributed by atoms with Crippen molar-refractivity contribution in [1.29, 1.82) is 0 Å². The van der Waals surface area contributed by atoms with Crippen molar-refractivity contribution in [2.24, 2.45) is 0 Å². The summed E-state index contributed by atoms with van der Waals surface area (Å²) in [5.41, 5.74) is 0.661. The summed E-state index contributed by atoms with van der Waals surface area (Å²) >= 11 is 5.80. The minimum Gasteiger partial charge on any atom is -0.494 e. The van der Waals surface area contributed by atoms with Crippen LogP contribution in [0.2, 0.25) is 0 Å². The number of hydrogen-bond acceptors (Lipinski definition) is 9. The number of methoxy groups -OCH3 is 1. The smallest absolute Gasteiger partial charge is 0.296 e. The average Bonchev–Trinajstić information content (AvgIpc) is 3.58. The molecule has 2 aromatic heterocycles. The third-order valence-electron chi connectivity index (χ3n) is 6.62. The summed E-state index contributed by atoms with van der Waals surface area (Å²) in [6.45, 7) is 2.64. The molecular weight excluding hydrogens is 510 g/mol. The van der Waals surface area contributed by atoms with Gasteiger partial charge in [-0.2, -0.15) is 15.0 Å². The topological polar surface area (TPSA) is 102 Å². The molecule has 2 aliphatic rings.